The molecule has 0 aromatic heterocycles. The van der Waals surface area contributed by atoms with Gasteiger partial charge < -0.3 is 4.74 Å². The smallest absolute Gasteiger partial charge is 0.126 e. The lowest BCUT2D eigenvalue weighted by Crippen LogP contribution is -1.86. The summed E-state index contributed by atoms with van der Waals surface area (Å²) in [6, 6.07) is 6.11. The number of allylic oxidation sites excluding steroid dienone is 1. The van der Waals surface area contributed by atoms with Gasteiger partial charge in [0.15, 0.2) is 0 Å². The van der Waals surface area contributed by atoms with Crippen LogP contribution >= 0.6 is 0 Å². The molecule has 1 heteroatoms. The van der Waals surface area contributed by atoms with E-state index in [4.69, 9.17) is 4.74 Å². The highest BCUT2D eigenvalue weighted by Gasteiger charge is 1.95. The van der Waals surface area contributed by atoms with Gasteiger partial charge in [-0.2, -0.15) is 0 Å². The molecule has 0 atom stereocenters. The van der Waals surface area contributed by atoms with Crippen molar-refractivity contribution in [3.63, 3.8) is 0 Å². The van der Waals surface area contributed by atoms with Gasteiger partial charge in [-0.3, -0.25) is 0 Å². The Balaban J connectivity index is 2.80. The van der Waals surface area contributed by atoms with Gasteiger partial charge in [0.1, 0.15) is 5.75 Å². The molecule has 0 bridgehead atoms. The third-order valence-corrected chi connectivity index (χ3v) is 1.91. The van der Waals surface area contributed by atoms with E-state index in [1.807, 2.05) is 19.9 Å². The molecule has 0 aliphatic carbocycles. The van der Waals surface area contributed by atoms with Gasteiger partial charge in [-0.15, -0.1) is 0 Å². The summed E-state index contributed by atoms with van der Waals surface area (Å²) in [5, 5.41) is 0. The molecule has 1 rings (SSSR count). The molecule has 0 unspecified atom stereocenters. The van der Waals surface area contributed by atoms with Crippen LogP contribution in [0.2, 0.25) is 0 Å². The van der Waals surface area contributed by atoms with E-state index in [2.05, 4.69) is 26.0 Å². The van der Waals surface area contributed by atoms with Gasteiger partial charge in [0, 0.05) is 0 Å². The first kappa shape index (κ1) is 9.85. The number of benzene rings is 1. The van der Waals surface area contributed by atoms with Crippen molar-refractivity contribution < 1.29 is 4.74 Å². The fourth-order valence-corrected chi connectivity index (χ4v) is 0.973. The van der Waals surface area contributed by atoms with Gasteiger partial charge in [-0.25, -0.2) is 0 Å². The Hall–Kier alpha value is -1.24. The minimum absolute atomic E-state index is 0.907. The SMILES string of the molecule is CC(C)=COc1ccc(C)c(C)c1. The Morgan fingerprint density at radius 1 is 1.15 bits per heavy atom. The van der Waals surface area contributed by atoms with Crippen LogP contribution in [0, 0.1) is 13.8 Å². The molecule has 0 amide bonds. The lowest BCUT2D eigenvalue weighted by Gasteiger charge is -2.04. The van der Waals surface area contributed by atoms with Gasteiger partial charge in [-0.1, -0.05) is 6.07 Å². The Morgan fingerprint density at radius 2 is 1.85 bits per heavy atom. The molecule has 0 fully saturated rings. The van der Waals surface area contributed by atoms with Gasteiger partial charge in [0.2, 0.25) is 0 Å². The zero-order valence-electron chi connectivity index (χ0n) is 8.72. The molecule has 0 heterocycles. The lowest BCUT2D eigenvalue weighted by atomic mass is 10.1. The Morgan fingerprint density at radius 3 is 2.38 bits per heavy atom. The van der Waals surface area contributed by atoms with Crippen molar-refractivity contribution in [2.75, 3.05) is 0 Å². The van der Waals surface area contributed by atoms with Crippen molar-refractivity contribution in [1.82, 2.24) is 0 Å². The summed E-state index contributed by atoms with van der Waals surface area (Å²) in [5.41, 5.74) is 3.72. The van der Waals surface area contributed by atoms with Crippen molar-refractivity contribution in [3.05, 3.63) is 41.2 Å². The van der Waals surface area contributed by atoms with Gasteiger partial charge in [-0.05, 0) is 56.5 Å². The highest BCUT2D eigenvalue weighted by Crippen LogP contribution is 2.16. The topological polar surface area (TPSA) is 9.23 Å². The van der Waals surface area contributed by atoms with Crippen LogP contribution < -0.4 is 4.74 Å². The number of rotatable bonds is 2. The van der Waals surface area contributed by atoms with Crippen LogP contribution in [-0.4, -0.2) is 0 Å². The largest absolute Gasteiger partial charge is 0.465 e. The monoisotopic (exact) mass is 176 g/mol. The highest BCUT2D eigenvalue weighted by atomic mass is 16.5. The van der Waals surface area contributed by atoms with E-state index in [9.17, 15) is 0 Å². The van der Waals surface area contributed by atoms with Gasteiger partial charge in [0.25, 0.3) is 0 Å². The molecule has 1 aromatic rings. The highest BCUT2D eigenvalue weighted by molar-refractivity contribution is 5.34. The summed E-state index contributed by atoms with van der Waals surface area (Å²) in [6.07, 6.45) is 1.77. The molecule has 1 nitrogen and oxygen atoms in total. The van der Waals surface area contributed by atoms with E-state index in [0.29, 0.717) is 0 Å². The van der Waals surface area contributed by atoms with Crippen molar-refractivity contribution >= 4 is 0 Å². The summed E-state index contributed by atoms with van der Waals surface area (Å²) in [4.78, 5) is 0. The molecule has 1 aromatic carbocycles. The maximum absolute atomic E-state index is 5.44. The minimum Gasteiger partial charge on any atom is -0.465 e. The number of ether oxygens (including phenoxy) is 1. The number of aryl methyl sites for hydroxylation is 2. The predicted octanol–water partition coefficient (Wildman–Crippen LogP) is 3.61. The second-order valence-corrected chi connectivity index (χ2v) is 3.56. The first-order chi connectivity index (χ1) is 6.09. The van der Waals surface area contributed by atoms with E-state index in [1.54, 1.807) is 6.26 Å². The fourth-order valence-electron chi connectivity index (χ4n) is 0.973. The van der Waals surface area contributed by atoms with Crippen LogP contribution in [0.4, 0.5) is 0 Å². The molecule has 70 valence electrons. The van der Waals surface area contributed by atoms with E-state index in [-0.39, 0.29) is 0 Å². The van der Waals surface area contributed by atoms with Crippen LogP contribution in [0.1, 0.15) is 25.0 Å². The predicted molar refractivity (Wildman–Crippen MR) is 56.0 cm³/mol. The Labute approximate surface area is 80.0 Å². The van der Waals surface area contributed by atoms with Crippen molar-refractivity contribution in [2.24, 2.45) is 0 Å². The van der Waals surface area contributed by atoms with Crippen molar-refractivity contribution in [1.29, 1.82) is 0 Å². The van der Waals surface area contributed by atoms with Crippen LogP contribution in [-0.2, 0) is 0 Å². The maximum Gasteiger partial charge on any atom is 0.126 e. The molecule has 13 heavy (non-hydrogen) atoms. The average molecular weight is 176 g/mol. The molecular formula is C12H16O. The Bertz CT molecular complexity index is 320. The number of hydrogen-bond acceptors (Lipinski definition) is 1. The molecule has 0 aliphatic heterocycles. The van der Waals surface area contributed by atoms with Crippen molar-refractivity contribution in [3.8, 4) is 5.75 Å². The molecule has 0 saturated heterocycles. The van der Waals surface area contributed by atoms with E-state index >= 15 is 0 Å². The molecule has 0 radical (unpaired) electrons. The number of hydrogen-bond donors (Lipinski definition) is 0. The lowest BCUT2D eigenvalue weighted by molar-refractivity contribution is 0.475. The third kappa shape index (κ3) is 2.94. The second kappa shape index (κ2) is 4.13. The molecule has 0 saturated carbocycles. The van der Waals surface area contributed by atoms with Crippen LogP contribution in [0.25, 0.3) is 0 Å². The maximum atomic E-state index is 5.44. The minimum atomic E-state index is 0.907. The summed E-state index contributed by atoms with van der Waals surface area (Å²) in [7, 11) is 0. The van der Waals surface area contributed by atoms with E-state index in [0.717, 1.165) is 5.75 Å². The fraction of sp³-hybridized carbons (Fsp3) is 0.333. The summed E-state index contributed by atoms with van der Waals surface area (Å²) < 4.78 is 5.44. The van der Waals surface area contributed by atoms with Gasteiger partial charge in [0.05, 0.1) is 6.26 Å². The molecule has 0 aliphatic rings. The quantitative estimate of drug-likeness (QED) is 0.625. The zero-order valence-corrected chi connectivity index (χ0v) is 8.72. The average Bonchev–Trinajstić information content (AvgIpc) is 2.07. The van der Waals surface area contributed by atoms with E-state index < -0.39 is 0 Å². The van der Waals surface area contributed by atoms with Crippen molar-refractivity contribution in [2.45, 2.75) is 27.7 Å². The second-order valence-electron chi connectivity index (χ2n) is 3.56. The Kier molecular flexibility index (Phi) is 3.13. The first-order valence-corrected chi connectivity index (χ1v) is 4.47. The van der Waals surface area contributed by atoms with Crippen LogP contribution in [0.3, 0.4) is 0 Å². The standard InChI is InChI=1S/C12H16O/c1-9(2)8-13-12-6-5-10(3)11(4)7-12/h5-8H,1-4H3. The third-order valence-electron chi connectivity index (χ3n) is 1.91. The normalized spacial score (nSPS) is 9.54. The summed E-state index contributed by atoms with van der Waals surface area (Å²) in [6.45, 7) is 8.22. The van der Waals surface area contributed by atoms with Crippen LogP contribution in [0.15, 0.2) is 30.0 Å². The van der Waals surface area contributed by atoms with Gasteiger partial charge >= 0.3 is 0 Å². The molecule has 0 N–H and O–H groups in total. The zero-order chi connectivity index (χ0) is 9.84. The van der Waals surface area contributed by atoms with Crippen LogP contribution in [0.5, 0.6) is 5.75 Å². The molecule has 0 spiro atoms. The summed E-state index contributed by atoms with van der Waals surface area (Å²) in [5.74, 6) is 0.907. The first-order valence-electron chi connectivity index (χ1n) is 4.47. The molecular weight excluding hydrogens is 160 g/mol. The van der Waals surface area contributed by atoms with E-state index in [1.165, 1.54) is 16.7 Å². The summed E-state index contributed by atoms with van der Waals surface area (Å²) >= 11 is 0.